The number of likely N-dealkylation sites (tertiary alicyclic amines) is 1. The molecule has 0 bridgehead atoms. The van der Waals surface area contributed by atoms with Crippen LogP contribution >= 0.6 is 0 Å². The Morgan fingerprint density at radius 2 is 2.10 bits per heavy atom. The van der Waals surface area contributed by atoms with Gasteiger partial charge in [-0.15, -0.1) is 0 Å². The summed E-state index contributed by atoms with van der Waals surface area (Å²) < 4.78 is 0. The van der Waals surface area contributed by atoms with E-state index in [9.17, 15) is 4.79 Å². The van der Waals surface area contributed by atoms with Crippen molar-refractivity contribution in [3.05, 3.63) is 11.8 Å². The van der Waals surface area contributed by atoms with E-state index in [0.29, 0.717) is 5.92 Å². The molecule has 0 aromatic carbocycles. The Morgan fingerprint density at radius 1 is 1.45 bits per heavy atom. The van der Waals surface area contributed by atoms with Crippen molar-refractivity contribution in [2.24, 2.45) is 5.92 Å². The predicted octanol–water partition coefficient (Wildman–Crippen LogP) is 1.19. The highest BCUT2D eigenvalue weighted by Gasteiger charge is 2.22. The molecule has 1 N–H and O–H groups in total. The van der Waals surface area contributed by atoms with E-state index < -0.39 is 0 Å². The molecule has 0 saturated carbocycles. The van der Waals surface area contributed by atoms with Gasteiger partial charge in [-0.25, -0.2) is 0 Å². The van der Waals surface area contributed by atoms with Crippen LogP contribution in [0.3, 0.4) is 0 Å². The van der Waals surface area contributed by atoms with Crippen molar-refractivity contribution in [3.8, 4) is 6.07 Å². The number of hydrogen-bond donors (Lipinski definition) is 1. The number of amides is 1. The molecule has 20 heavy (non-hydrogen) atoms. The summed E-state index contributed by atoms with van der Waals surface area (Å²) in [6, 6.07) is 2.01. The fraction of sp³-hybridized carbons (Fsp3) is 0.733. The number of piperidine rings is 1. The van der Waals surface area contributed by atoms with E-state index in [1.54, 1.807) is 11.1 Å². The summed E-state index contributed by atoms with van der Waals surface area (Å²) in [5.41, 5.74) is 0.212. The average Bonchev–Trinajstić information content (AvgIpc) is 2.42. The van der Waals surface area contributed by atoms with Crippen LogP contribution in [0.1, 0.15) is 26.2 Å². The van der Waals surface area contributed by atoms with Crippen LogP contribution in [0, 0.1) is 17.2 Å². The van der Waals surface area contributed by atoms with Crippen molar-refractivity contribution in [2.45, 2.75) is 26.2 Å². The van der Waals surface area contributed by atoms with E-state index in [1.807, 2.05) is 20.2 Å². The minimum atomic E-state index is -0.139. The average molecular weight is 278 g/mol. The Hall–Kier alpha value is -1.54. The first-order valence-corrected chi connectivity index (χ1v) is 7.32. The number of rotatable bonds is 6. The Morgan fingerprint density at radius 3 is 2.65 bits per heavy atom. The van der Waals surface area contributed by atoms with E-state index in [4.69, 9.17) is 5.26 Å². The summed E-state index contributed by atoms with van der Waals surface area (Å²) in [4.78, 5) is 16.1. The molecule has 0 aromatic heterocycles. The first-order valence-electron chi connectivity index (χ1n) is 7.32. The summed E-state index contributed by atoms with van der Waals surface area (Å²) in [5.74, 6) is 0.539. The smallest absolute Gasteiger partial charge is 0.265 e. The van der Waals surface area contributed by atoms with Gasteiger partial charge >= 0.3 is 0 Å². The molecule has 1 rings (SSSR count). The quantitative estimate of drug-likeness (QED) is 0.450. The maximum absolute atomic E-state index is 12.2. The molecular weight excluding hydrogens is 252 g/mol. The number of nitrogens with one attached hydrogen (secondary N) is 1. The van der Waals surface area contributed by atoms with Crippen LogP contribution in [0.25, 0.3) is 0 Å². The molecule has 0 unspecified atom stereocenters. The monoisotopic (exact) mass is 278 g/mol. The first-order chi connectivity index (χ1) is 9.54. The predicted molar refractivity (Wildman–Crippen MR) is 79.8 cm³/mol. The molecule has 1 heterocycles. The van der Waals surface area contributed by atoms with Gasteiger partial charge in [-0.3, -0.25) is 4.79 Å². The van der Waals surface area contributed by atoms with Crippen LogP contribution in [-0.2, 0) is 4.79 Å². The van der Waals surface area contributed by atoms with Crippen LogP contribution in [0.5, 0.6) is 0 Å². The van der Waals surface area contributed by atoms with E-state index in [2.05, 4.69) is 17.1 Å². The van der Waals surface area contributed by atoms with Gasteiger partial charge in [-0.2, -0.15) is 5.26 Å². The van der Waals surface area contributed by atoms with Crippen molar-refractivity contribution in [1.82, 2.24) is 15.1 Å². The Bertz CT molecular complexity index is 376. The zero-order chi connectivity index (χ0) is 15.0. The SMILES string of the molecule is CC1CCN(C(=O)/C(C#N)=C\NCCCN(C)C)CC1. The van der Waals surface area contributed by atoms with Crippen molar-refractivity contribution in [1.29, 1.82) is 5.26 Å². The molecule has 0 radical (unpaired) electrons. The second-order valence-corrected chi connectivity index (χ2v) is 5.76. The summed E-state index contributed by atoms with van der Waals surface area (Å²) in [6.07, 6.45) is 4.61. The maximum Gasteiger partial charge on any atom is 0.265 e. The van der Waals surface area contributed by atoms with Crippen molar-refractivity contribution in [2.75, 3.05) is 40.3 Å². The van der Waals surface area contributed by atoms with E-state index in [1.165, 1.54) is 0 Å². The van der Waals surface area contributed by atoms with Gasteiger partial charge in [0.15, 0.2) is 0 Å². The molecule has 5 nitrogen and oxygen atoms in total. The third kappa shape index (κ3) is 5.62. The van der Waals surface area contributed by atoms with Crippen LogP contribution in [0.15, 0.2) is 11.8 Å². The molecule has 0 spiro atoms. The summed E-state index contributed by atoms with van der Waals surface area (Å²) in [6.45, 7) is 5.49. The van der Waals surface area contributed by atoms with Crippen LogP contribution in [0.4, 0.5) is 0 Å². The lowest BCUT2D eigenvalue weighted by Gasteiger charge is -2.30. The van der Waals surface area contributed by atoms with Gasteiger partial charge in [0.25, 0.3) is 5.91 Å². The highest BCUT2D eigenvalue weighted by atomic mass is 16.2. The zero-order valence-corrected chi connectivity index (χ0v) is 12.9. The molecule has 1 aliphatic heterocycles. The van der Waals surface area contributed by atoms with Gasteiger partial charge in [0.05, 0.1) is 0 Å². The minimum absolute atomic E-state index is 0.139. The van der Waals surface area contributed by atoms with E-state index in [0.717, 1.165) is 45.4 Å². The first kappa shape index (κ1) is 16.5. The van der Waals surface area contributed by atoms with Crippen LogP contribution < -0.4 is 5.32 Å². The van der Waals surface area contributed by atoms with Crippen LogP contribution in [-0.4, -0.2) is 56.0 Å². The van der Waals surface area contributed by atoms with Crippen molar-refractivity contribution >= 4 is 5.91 Å². The van der Waals surface area contributed by atoms with Crippen LogP contribution in [0.2, 0.25) is 0 Å². The van der Waals surface area contributed by atoms with Gasteiger partial charge in [0.1, 0.15) is 11.6 Å². The number of carbonyl (C=O) groups excluding carboxylic acids is 1. The normalized spacial score (nSPS) is 17.1. The molecule has 0 aliphatic carbocycles. The van der Waals surface area contributed by atoms with E-state index in [-0.39, 0.29) is 11.5 Å². The fourth-order valence-corrected chi connectivity index (χ4v) is 2.20. The Labute approximate surface area is 122 Å². The number of carbonyl (C=O) groups is 1. The Kier molecular flexibility index (Phi) is 7.10. The lowest BCUT2D eigenvalue weighted by molar-refractivity contribution is -0.128. The Balaban J connectivity index is 2.40. The van der Waals surface area contributed by atoms with E-state index >= 15 is 0 Å². The third-order valence-corrected chi connectivity index (χ3v) is 3.59. The van der Waals surface area contributed by atoms with Gasteiger partial charge in [0, 0.05) is 25.8 Å². The summed E-state index contributed by atoms with van der Waals surface area (Å²) >= 11 is 0. The highest BCUT2D eigenvalue weighted by Crippen LogP contribution is 2.17. The topological polar surface area (TPSA) is 59.4 Å². The van der Waals surface area contributed by atoms with Gasteiger partial charge in [-0.1, -0.05) is 6.92 Å². The molecule has 5 heteroatoms. The maximum atomic E-state index is 12.2. The fourth-order valence-electron chi connectivity index (χ4n) is 2.20. The molecule has 1 saturated heterocycles. The highest BCUT2D eigenvalue weighted by molar-refractivity contribution is 5.97. The van der Waals surface area contributed by atoms with Gasteiger partial charge in [-0.05, 0) is 45.8 Å². The molecular formula is C15H26N4O. The lowest BCUT2D eigenvalue weighted by atomic mass is 9.99. The second-order valence-electron chi connectivity index (χ2n) is 5.76. The molecule has 1 amide bonds. The number of nitriles is 1. The summed E-state index contributed by atoms with van der Waals surface area (Å²) in [7, 11) is 4.05. The standard InChI is InChI=1S/C15H26N4O/c1-13-5-9-19(10-6-13)15(20)14(11-16)12-17-7-4-8-18(2)3/h12-13,17H,4-10H2,1-3H3/b14-12-. The molecule has 0 aromatic rings. The third-order valence-electron chi connectivity index (χ3n) is 3.59. The molecule has 1 aliphatic rings. The number of hydrogen-bond acceptors (Lipinski definition) is 4. The molecule has 112 valence electrons. The van der Waals surface area contributed by atoms with Gasteiger partial charge < -0.3 is 15.1 Å². The minimum Gasteiger partial charge on any atom is -0.390 e. The largest absolute Gasteiger partial charge is 0.390 e. The number of nitrogens with zero attached hydrogens (tertiary/aromatic N) is 3. The zero-order valence-electron chi connectivity index (χ0n) is 12.9. The summed E-state index contributed by atoms with van der Waals surface area (Å²) in [5, 5.41) is 12.2. The van der Waals surface area contributed by atoms with Crippen molar-refractivity contribution in [3.63, 3.8) is 0 Å². The molecule has 1 fully saturated rings. The lowest BCUT2D eigenvalue weighted by Crippen LogP contribution is -2.38. The van der Waals surface area contributed by atoms with Crippen molar-refractivity contribution < 1.29 is 4.79 Å². The molecule has 0 atom stereocenters. The van der Waals surface area contributed by atoms with Gasteiger partial charge in [0.2, 0.25) is 0 Å². The second kappa shape index (κ2) is 8.60.